The molecule has 1 spiro atoms. The maximum Gasteiger partial charge on any atom is 0.241 e. The van der Waals surface area contributed by atoms with Crippen LogP contribution in [0.25, 0.3) is 0 Å². The van der Waals surface area contributed by atoms with Crippen LogP contribution in [0.1, 0.15) is 63.4 Å². The molecule has 0 bridgehead atoms. The Bertz CT molecular complexity index is 929. The molecule has 5 rings (SSSR count). The van der Waals surface area contributed by atoms with Crippen molar-refractivity contribution in [3.05, 3.63) is 66.2 Å². The van der Waals surface area contributed by atoms with Crippen LogP contribution in [0.15, 0.2) is 60.7 Å². The van der Waals surface area contributed by atoms with Crippen LogP contribution in [-0.2, 0) is 16.1 Å². The third kappa shape index (κ3) is 6.07. The first kappa shape index (κ1) is 24.3. The maximum atomic E-state index is 12.7. The molecule has 0 aromatic heterocycles. The zero-order valence-corrected chi connectivity index (χ0v) is 21.0. The number of hydrogen-bond donors (Lipinski definition) is 1. The second kappa shape index (κ2) is 11.6. The van der Waals surface area contributed by atoms with Crippen LogP contribution in [0.4, 0.5) is 5.69 Å². The fraction of sp³-hybridized carbons (Fsp3) is 0.567. The van der Waals surface area contributed by atoms with E-state index < -0.39 is 0 Å². The Hall–Kier alpha value is -2.37. The topological polar surface area (TPSA) is 44.8 Å². The van der Waals surface area contributed by atoms with Gasteiger partial charge in [0.2, 0.25) is 5.91 Å². The van der Waals surface area contributed by atoms with Crippen LogP contribution < -0.4 is 10.2 Å². The smallest absolute Gasteiger partial charge is 0.241 e. The maximum absolute atomic E-state index is 12.7. The number of nitrogens with one attached hydrogen (secondary N) is 1. The highest BCUT2D eigenvalue weighted by Crippen LogP contribution is 2.38. The van der Waals surface area contributed by atoms with Gasteiger partial charge in [-0.2, -0.15) is 0 Å². The summed E-state index contributed by atoms with van der Waals surface area (Å²) < 4.78 is 6.32. The van der Waals surface area contributed by atoms with E-state index in [1.807, 2.05) is 12.1 Å². The van der Waals surface area contributed by atoms with E-state index in [9.17, 15) is 4.79 Å². The van der Waals surface area contributed by atoms with Crippen molar-refractivity contribution in [2.24, 2.45) is 5.92 Å². The summed E-state index contributed by atoms with van der Waals surface area (Å²) in [5, 5.41) is 3.40. The minimum atomic E-state index is -0.323. The number of hydrogen-bond acceptors (Lipinski definition) is 4. The average Bonchev–Trinajstić information content (AvgIpc) is 3.18. The first-order chi connectivity index (χ1) is 17.2. The van der Waals surface area contributed by atoms with Crippen molar-refractivity contribution in [3.63, 3.8) is 0 Å². The Morgan fingerprint density at radius 3 is 2.34 bits per heavy atom. The molecular formula is C30H41N3O2. The van der Waals surface area contributed by atoms with Crippen LogP contribution in [0.2, 0.25) is 0 Å². The van der Waals surface area contributed by atoms with Crippen LogP contribution in [0.3, 0.4) is 0 Å². The van der Waals surface area contributed by atoms with Gasteiger partial charge in [-0.05, 0) is 36.5 Å². The van der Waals surface area contributed by atoms with E-state index >= 15 is 0 Å². The molecule has 2 aromatic rings. The van der Waals surface area contributed by atoms with E-state index in [1.54, 1.807) is 0 Å². The predicted molar refractivity (Wildman–Crippen MR) is 141 cm³/mol. The number of rotatable bonds is 7. The van der Waals surface area contributed by atoms with Gasteiger partial charge in [0, 0.05) is 37.7 Å². The summed E-state index contributed by atoms with van der Waals surface area (Å²) in [6.45, 7) is 3.93. The molecule has 1 saturated carbocycles. The summed E-state index contributed by atoms with van der Waals surface area (Å²) in [5.41, 5.74) is 2.02. The normalized spacial score (nSPS) is 26.5. The molecule has 188 valence electrons. The van der Waals surface area contributed by atoms with Gasteiger partial charge in [-0.3, -0.25) is 9.69 Å². The van der Waals surface area contributed by atoms with E-state index in [-0.39, 0.29) is 11.6 Å². The molecule has 1 N–H and O–H groups in total. The van der Waals surface area contributed by atoms with Gasteiger partial charge in [0.15, 0.2) is 0 Å². The van der Waals surface area contributed by atoms with Gasteiger partial charge in [0.1, 0.15) is 5.66 Å². The Morgan fingerprint density at radius 1 is 0.914 bits per heavy atom. The number of carbonyl (C=O) groups is 1. The summed E-state index contributed by atoms with van der Waals surface area (Å²) >= 11 is 0. The zero-order chi connectivity index (χ0) is 23.9. The van der Waals surface area contributed by atoms with Crippen molar-refractivity contribution in [2.45, 2.75) is 76.1 Å². The van der Waals surface area contributed by atoms with Crippen molar-refractivity contribution in [3.8, 4) is 0 Å². The Morgan fingerprint density at radius 2 is 1.60 bits per heavy atom. The second-order valence-electron chi connectivity index (χ2n) is 10.8. The van der Waals surface area contributed by atoms with E-state index in [4.69, 9.17) is 4.74 Å². The minimum absolute atomic E-state index is 0.131. The van der Waals surface area contributed by atoms with Crippen molar-refractivity contribution in [1.82, 2.24) is 10.2 Å². The summed E-state index contributed by atoms with van der Waals surface area (Å²) in [6, 6.07) is 21.2. The SMILES string of the molecule is O=C1CN(c2ccccc2)C2(CCN(CC3CCCCCCC3)C(COCc3ccccc3)C2)N1. The van der Waals surface area contributed by atoms with Crippen molar-refractivity contribution in [1.29, 1.82) is 0 Å². The molecular weight excluding hydrogens is 434 g/mol. The van der Waals surface area contributed by atoms with Gasteiger partial charge in [-0.25, -0.2) is 0 Å². The van der Waals surface area contributed by atoms with Gasteiger partial charge in [-0.15, -0.1) is 0 Å². The number of anilines is 1. The molecule has 0 radical (unpaired) electrons. The number of likely N-dealkylation sites (tertiary alicyclic amines) is 1. The van der Waals surface area contributed by atoms with Gasteiger partial charge >= 0.3 is 0 Å². The van der Waals surface area contributed by atoms with E-state index in [1.165, 1.54) is 50.5 Å². The number of para-hydroxylation sites is 1. The second-order valence-corrected chi connectivity index (χ2v) is 10.8. The average molecular weight is 476 g/mol. The van der Waals surface area contributed by atoms with Crippen molar-refractivity contribution < 1.29 is 9.53 Å². The fourth-order valence-electron chi connectivity index (χ4n) is 6.45. The zero-order valence-electron chi connectivity index (χ0n) is 21.0. The lowest BCUT2D eigenvalue weighted by molar-refractivity contribution is -0.119. The van der Waals surface area contributed by atoms with E-state index in [0.717, 1.165) is 37.5 Å². The monoisotopic (exact) mass is 475 g/mol. The van der Waals surface area contributed by atoms with Crippen LogP contribution in [0, 0.1) is 5.92 Å². The Balaban J connectivity index is 1.31. The number of piperidine rings is 1. The van der Waals surface area contributed by atoms with Crippen molar-refractivity contribution in [2.75, 3.05) is 31.1 Å². The summed E-state index contributed by atoms with van der Waals surface area (Å²) in [4.78, 5) is 17.7. The van der Waals surface area contributed by atoms with Gasteiger partial charge in [0.05, 0.1) is 19.8 Å². The molecule has 2 heterocycles. The first-order valence-electron chi connectivity index (χ1n) is 13.7. The van der Waals surface area contributed by atoms with Gasteiger partial charge in [-0.1, -0.05) is 80.6 Å². The predicted octanol–water partition coefficient (Wildman–Crippen LogP) is 5.36. The molecule has 2 aromatic carbocycles. The number of carbonyl (C=O) groups excluding carboxylic acids is 1. The van der Waals surface area contributed by atoms with Gasteiger partial charge < -0.3 is 15.0 Å². The number of benzene rings is 2. The molecule has 5 nitrogen and oxygen atoms in total. The van der Waals surface area contributed by atoms with E-state index in [0.29, 0.717) is 25.8 Å². The molecule has 3 fully saturated rings. The number of nitrogens with zero attached hydrogens (tertiary/aromatic N) is 2. The molecule has 2 aliphatic heterocycles. The lowest BCUT2D eigenvalue weighted by atomic mass is 9.86. The lowest BCUT2D eigenvalue weighted by Gasteiger charge is -2.49. The lowest BCUT2D eigenvalue weighted by Crippen LogP contribution is -2.63. The molecule has 35 heavy (non-hydrogen) atoms. The third-order valence-corrected chi connectivity index (χ3v) is 8.30. The highest BCUT2D eigenvalue weighted by Gasteiger charge is 2.49. The first-order valence-corrected chi connectivity index (χ1v) is 13.7. The highest BCUT2D eigenvalue weighted by atomic mass is 16.5. The Labute approximate surface area is 210 Å². The molecule has 2 unspecified atom stereocenters. The summed E-state index contributed by atoms with van der Waals surface area (Å²) in [6.07, 6.45) is 11.5. The Kier molecular flexibility index (Phi) is 8.05. The van der Waals surface area contributed by atoms with Crippen LogP contribution >= 0.6 is 0 Å². The molecule has 5 heteroatoms. The molecule has 2 saturated heterocycles. The fourth-order valence-corrected chi connectivity index (χ4v) is 6.45. The minimum Gasteiger partial charge on any atom is -0.375 e. The molecule has 2 atom stereocenters. The quantitative estimate of drug-likeness (QED) is 0.586. The van der Waals surface area contributed by atoms with Crippen LogP contribution in [0.5, 0.6) is 0 Å². The largest absolute Gasteiger partial charge is 0.375 e. The standard InChI is InChI=1S/C30H41N3O2/c34-29-22-33(27-16-10-5-11-17-27)30(31-29)18-19-32(21-25-12-6-2-1-3-7-13-25)28(20-30)24-35-23-26-14-8-4-9-15-26/h4-5,8-11,14-17,25,28H,1-3,6-7,12-13,18-24H2,(H,31,34). The van der Waals surface area contributed by atoms with Crippen molar-refractivity contribution >= 4 is 11.6 Å². The molecule has 1 amide bonds. The molecule has 1 aliphatic carbocycles. The summed E-state index contributed by atoms with van der Waals surface area (Å²) in [5.74, 6) is 0.913. The highest BCUT2D eigenvalue weighted by molar-refractivity contribution is 5.86. The van der Waals surface area contributed by atoms with E-state index in [2.05, 4.69) is 63.6 Å². The van der Waals surface area contributed by atoms with Gasteiger partial charge in [0.25, 0.3) is 0 Å². The molecule has 3 aliphatic rings. The number of ether oxygens (including phenoxy) is 1. The third-order valence-electron chi connectivity index (χ3n) is 8.30. The summed E-state index contributed by atoms with van der Waals surface area (Å²) in [7, 11) is 0. The number of amides is 1. The van der Waals surface area contributed by atoms with Crippen LogP contribution in [-0.4, -0.2) is 48.8 Å².